The largest absolute Gasteiger partial charge is 0.478 e. The molecule has 0 radical (unpaired) electrons. The smallest absolute Gasteiger partial charge is 0.335 e. The van der Waals surface area contributed by atoms with Crippen molar-refractivity contribution in [2.24, 2.45) is 0 Å². The van der Waals surface area contributed by atoms with Crippen molar-refractivity contribution in [3.8, 4) is 0 Å². The van der Waals surface area contributed by atoms with Crippen LogP contribution in [0.3, 0.4) is 0 Å². The van der Waals surface area contributed by atoms with Gasteiger partial charge in [-0.3, -0.25) is 4.55 Å². The van der Waals surface area contributed by atoms with Gasteiger partial charge in [-0.2, -0.15) is 8.42 Å². The predicted molar refractivity (Wildman–Crippen MR) is 123 cm³/mol. The van der Waals surface area contributed by atoms with E-state index in [1.807, 2.05) is 0 Å². The lowest BCUT2D eigenvalue weighted by Crippen LogP contribution is -2.07. The van der Waals surface area contributed by atoms with Crippen molar-refractivity contribution in [1.82, 2.24) is 0 Å². The van der Waals surface area contributed by atoms with Crippen LogP contribution in [0.1, 0.15) is 60.2 Å². The number of hydrogen-bond donors (Lipinski definition) is 3. The summed E-state index contributed by atoms with van der Waals surface area (Å²) in [6, 6.07) is 13.3. The lowest BCUT2D eigenvalue weighted by Gasteiger charge is -2.17. The molecule has 0 bridgehead atoms. The van der Waals surface area contributed by atoms with Crippen LogP contribution in [0.5, 0.6) is 0 Å². The van der Waals surface area contributed by atoms with Crippen molar-refractivity contribution in [2.75, 3.05) is 12.3 Å². The van der Waals surface area contributed by atoms with Crippen molar-refractivity contribution in [3.63, 3.8) is 0 Å². The number of unbranched alkanes of at least 4 members (excludes halogenated alkanes) is 2. The molecule has 2 rings (SSSR count). The number of carboxylic acids is 2. The highest BCUT2D eigenvalue weighted by Gasteiger charge is 2.17. The standard InChI is InChI=1S/C14H23P.C8H6O7S/c1-3-5-12-15(13-6-4-2)14-10-8-7-9-11-14;9-7(10)4-1-5(8(11)12)3-6(2-4)16(13,14)15/h7-11H,3-6,12-13H2,1-2H3;1-3H,(H,9,10)(H,11,12)(H,13,14,15). The molecule has 0 unspecified atom stereocenters. The van der Waals surface area contributed by atoms with Gasteiger partial charge in [-0.25, -0.2) is 9.59 Å². The van der Waals surface area contributed by atoms with Gasteiger partial charge in [0.2, 0.25) is 0 Å². The highest BCUT2D eigenvalue weighted by molar-refractivity contribution is 7.85. The molecule has 0 aliphatic carbocycles. The zero-order chi connectivity index (χ0) is 23.4. The maximum atomic E-state index is 10.8. The maximum Gasteiger partial charge on any atom is 0.335 e. The number of carboxylic acid groups (broad SMARTS) is 2. The van der Waals surface area contributed by atoms with Crippen molar-refractivity contribution in [3.05, 3.63) is 59.7 Å². The molecule has 2 aromatic rings. The zero-order valence-electron chi connectivity index (χ0n) is 17.7. The van der Waals surface area contributed by atoms with Crippen LogP contribution in [0.15, 0.2) is 53.4 Å². The van der Waals surface area contributed by atoms with E-state index in [0.29, 0.717) is 12.1 Å². The quantitative estimate of drug-likeness (QED) is 0.340. The first-order valence-electron chi connectivity index (χ1n) is 9.99. The van der Waals surface area contributed by atoms with Crippen LogP contribution < -0.4 is 5.30 Å². The second kappa shape index (κ2) is 13.2. The van der Waals surface area contributed by atoms with Crippen molar-refractivity contribution in [1.29, 1.82) is 0 Å². The van der Waals surface area contributed by atoms with Crippen LogP contribution in [0.2, 0.25) is 0 Å². The first-order valence-corrected chi connectivity index (χ1v) is 13.1. The molecule has 31 heavy (non-hydrogen) atoms. The molecule has 9 heteroatoms. The number of aromatic carboxylic acids is 2. The van der Waals surface area contributed by atoms with E-state index in [4.69, 9.17) is 14.8 Å². The van der Waals surface area contributed by atoms with E-state index in [9.17, 15) is 18.0 Å². The van der Waals surface area contributed by atoms with Gasteiger partial charge in [-0.15, -0.1) is 0 Å². The summed E-state index contributed by atoms with van der Waals surface area (Å²) in [4.78, 5) is 20.4. The summed E-state index contributed by atoms with van der Waals surface area (Å²) in [5, 5.41) is 18.8. The highest BCUT2D eigenvalue weighted by Crippen LogP contribution is 2.36. The summed E-state index contributed by atoms with van der Waals surface area (Å²) in [5.74, 6) is -2.99. The van der Waals surface area contributed by atoms with Gasteiger partial charge in [-0.1, -0.05) is 64.9 Å². The fraction of sp³-hybridized carbons (Fsp3) is 0.364. The van der Waals surface area contributed by atoms with Crippen LogP contribution in [-0.2, 0) is 10.1 Å². The van der Waals surface area contributed by atoms with Crippen LogP contribution in [0.4, 0.5) is 0 Å². The molecule has 3 N–H and O–H groups in total. The monoisotopic (exact) mass is 468 g/mol. The van der Waals surface area contributed by atoms with Gasteiger partial charge in [0, 0.05) is 0 Å². The van der Waals surface area contributed by atoms with Gasteiger partial charge in [0.1, 0.15) is 0 Å². The molecule has 0 fully saturated rings. The minimum absolute atomic E-state index is 0.132. The molecule has 170 valence electrons. The summed E-state index contributed by atoms with van der Waals surface area (Å²) >= 11 is 0. The number of hydrogen-bond acceptors (Lipinski definition) is 4. The van der Waals surface area contributed by atoms with E-state index in [1.165, 1.54) is 38.0 Å². The minimum Gasteiger partial charge on any atom is -0.478 e. The van der Waals surface area contributed by atoms with E-state index >= 15 is 0 Å². The molecular weight excluding hydrogens is 439 g/mol. The summed E-state index contributed by atoms with van der Waals surface area (Å²) in [7, 11) is -4.51. The molecule has 0 heterocycles. The SMILES string of the molecule is CCCCP(CCCC)c1ccccc1.O=C(O)c1cc(C(=O)O)cc(S(=O)(=O)O)c1. The molecule has 0 aliphatic rings. The Morgan fingerprint density at radius 2 is 1.29 bits per heavy atom. The van der Waals surface area contributed by atoms with Gasteiger partial charge in [-0.05, 0) is 48.7 Å². The van der Waals surface area contributed by atoms with Crippen molar-refractivity contribution >= 4 is 35.3 Å². The van der Waals surface area contributed by atoms with Crippen molar-refractivity contribution in [2.45, 2.75) is 44.4 Å². The predicted octanol–water partition coefficient (Wildman–Crippen LogP) is 4.72. The topological polar surface area (TPSA) is 129 Å². The molecule has 0 atom stereocenters. The van der Waals surface area contributed by atoms with E-state index in [1.54, 1.807) is 5.30 Å². The van der Waals surface area contributed by atoms with Crippen LogP contribution >= 0.6 is 7.92 Å². The normalized spacial score (nSPS) is 11.0. The van der Waals surface area contributed by atoms with Crippen LogP contribution in [-0.4, -0.2) is 47.4 Å². The average molecular weight is 469 g/mol. The Balaban J connectivity index is 0.000000311. The molecule has 0 spiro atoms. The number of carbonyl (C=O) groups is 2. The van der Waals surface area contributed by atoms with Crippen LogP contribution in [0, 0.1) is 0 Å². The summed E-state index contributed by atoms with van der Waals surface area (Å²) < 4.78 is 30.2. The van der Waals surface area contributed by atoms with E-state index in [2.05, 4.69) is 44.2 Å². The van der Waals surface area contributed by atoms with Gasteiger partial charge in [0.05, 0.1) is 16.0 Å². The van der Waals surface area contributed by atoms with Gasteiger partial charge in [0.15, 0.2) is 0 Å². The Morgan fingerprint density at radius 3 is 1.65 bits per heavy atom. The third-order valence-electron chi connectivity index (χ3n) is 4.38. The first-order chi connectivity index (χ1) is 14.6. The Kier molecular flexibility index (Phi) is 11.4. The number of benzene rings is 2. The van der Waals surface area contributed by atoms with E-state index in [0.717, 1.165) is 6.07 Å². The van der Waals surface area contributed by atoms with Crippen LogP contribution in [0.25, 0.3) is 0 Å². The number of rotatable bonds is 10. The zero-order valence-corrected chi connectivity index (χ0v) is 19.4. The molecule has 2 aromatic carbocycles. The van der Waals surface area contributed by atoms with Gasteiger partial charge < -0.3 is 10.2 Å². The van der Waals surface area contributed by atoms with E-state index in [-0.39, 0.29) is 7.92 Å². The van der Waals surface area contributed by atoms with Crippen molar-refractivity contribution < 1.29 is 32.8 Å². The second-order valence-electron chi connectivity index (χ2n) is 6.86. The Hall–Kier alpha value is -2.28. The third kappa shape index (κ3) is 9.59. The lowest BCUT2D eigenvalue weighted by atomic mass is 10.1. The summed E-state index contributed by atoms with van der Waals surface area (Å²) in [6.45, 7) is 4.58. The lowest BCUT2D eigenvalue weighted by molar-refractivity contribution is 0.0696. The molecule has 0 saturated carbocycles. The molecule has 7 nitrogen and oxygen atoms in total. The Bertz CT molecular complexity index is 919. The third-order valence-corrected chi connectivity index (χ3v) is 7.95. The molecule has 0 aromatic heterocycles. The maximum absolute atomic E-state index is 10.8. The molecule has 0 aliphatic heterocycles. The highest BCUT2D eigenvalue weighted by atomic mass is 32.2. The molecule has 0 saturated heterocycles. The second-order valence-corrected chi connectivity index (χ2v) is 10.8. The summed E-state index contributed by atoms with van der Waals surface area (Å²) in [6.07, 6.45) is 8.30. The Morgan fingerprint density at radius 1 is 0.839 bits per heavy atom. The molecular formula is C22H29O7PS. The Labute approximate surface area is 184 Å². The van der Waals surface area contributed by atoms with E-state index < -0.39 is 38.1 Å². The van der Waals surface area contributed by atoms with Gasteiger partial charge in [0.25, 0.3) is 10.1 Å². The molecule has 0 amide bonds. The fourth-order valence-corrected chi connectivity index (χ4v) is 5.98. The first kappa shape index (κ1) is 26.8. The minimum atomic E-state index is -4.64. The summed E-state index contributed by atoms with van der Waals surface area (Å²) in [5.41, 5.74) is -1.07. The fourth-order valence-electron chi connectivity index (χ4n) is 2.70. The van der Waals surface area contributed by atoms with Gasteiger partial charge >= 0.3 is 11.9 Å². The average Bonchev–Trinajstić information content (AvgIpc) is 2.74.